The molecule has 0 aromatic heterocycles. The molecule has 1 N–H and O–H groups in total. The number of ether oxygens (including phenoxy) is 1. The van der Waals surface area contributed by atoms with Gasteiger partial charge in [-0.05, 0) is 36.6 Å². The van der Waals surface area contributed by atoms with Gasteiger partial charge in [0.15, 0.2) is 5.75 Å². The van der Waals surface area contributed by atoms with Crippen molar-refractivity contribution in [2.24, 2.45) is 0 Å². The Labute approximate surface area is 142 Å². The van der Waals surface area contributed by atoms with Crippen molar-refractivity contribution in [3.63, 3.8) is 0 Å². The van der Waals surface area contributed by atoms with Crippen molar-refractivity contribution in [2.45, 2.75) is 26.7 Å². The van der Waals surface area contributed by atoms with Crippen LogP contribution < -0.4 is 10.2 Å². The van der Waals surface area contributed by atoms with E-state index in [1.54, 1.807) is 13.0 Å². The highest BCUT2D eigenvalue weighted by atomic mass is 35.5. The average Bonchev–Trinajstić information content (AvgIpc) is 2.53. The molecular weight excluding hydrogens is 314 g/mol. The van der Waals surface area contributed by atoms with E-state index in [1.165, 1.54) is 19.3 Å². The van der Waals surface area contributed by atoms with Crippen molar-refractivity contribution < 1.29 is 14.4 Å². The first kappa shape index (κ1) is 19.0. The van der Waals surface area contributed by atoms with E-state index in [4.69, 9.17) is 21.2 Å². The lowest BCUT2D eigenvalue weighted by Gasteiger charge is -2.14. The van der Waals surface area contributed by atoms with Crippen LogP contribution in [-0.2, 0) is 9.63 Å². The Morgan fingerprint density at radius 2 is 2.09 bits per heavy atom. The molecule has 0 heterocycles. The number of benzene rings is 1. The van der Waals surface area contributed by atoms with Gasteiger partial charge < -0.3 is 4.74 Å². The van der Waals surface area contributed by atoms with E-state index in [-0.39, 0.29) is 0 Å². The van der Waals surface area contributed by atoms with Crippen molar-refractivity contribution in [1.82, 2.24) is 0 Å². The van der Waals surface area contributed by atoms with Crippen LogP contribution in [0, 0.1) is 0 Å². The van der Waals surface area contributed by atoms with Gasteiger partial charge in [0.05, 0.1) is 12.7 Å². The molecule has 0 spiro atoms. The fourth-order valence-electron chi connectivity index (χ4n) is 1.80. The second-order valence-electron chi connectivity index (χ2n) is 5.08. The Kier molecular flexibility index (Phi) is 7.59. The molecule has 0 aliphatic carbocycles. The summed E-state index contributed by atoms with van der Waals surface area (Å²) in [7, 11) is 1.49. The number of nitrogens with one attached hydrogen (secondary N) is 1. The number of carbonyl (C=O) groups excluding carboxylic acids is 1. The van der Waals surface area contributed by atoms with Crippen LogP contribution in [0.1, 0.15) is 32.3 Å². The van der Waals surface area contributed by atoms with E-state index in [9.17, 15) is 4.79 Å². The van der Waals surface area contributed by atoms with Crippen LogP contribution in [0.2, 0.25) is 0 Å². The van der Waals surface area contributed by atoms with Crippen molar-refractivity contribution in [2.75, 3.05) is 12.6 Å². The van der Waals surface area contributed by atoms with Gasteiger partial charge in [-0.25, -0.2) is 4.79 Å². The maximum atomic E-state index is 12.3. The number of esters is 1. The summed E-state index contributed by atoms with van der Waals surface area (Å²) in [4.78, 5) is 17.3. The van der Waals surface area contributed by atoms with E-state index in [0.29, 0.717) is 28.0 Å². The van der Waals surface area contributed by atoms with E-state index in [1.807, 2.05) is 18.2 Å². The zero-order chi connectivity index (χ0) is 17.4. The monoisotopic (exact) mass is 335 g/mol. The number of anilines is 1. The summed E-state index contributed by atoms with van der Waals surface area (Å²) in [6.45, 7) is 9.42. The smallest absolute Gasteiger partial charge is 0.343 e. The second-order valence-corrected chi connectivity index (χ2v) is 5.52. The van der Waals surface area contributed by atoms with E-state index in [0.717, 1.165) is 5.56 Å². The maximum absolute atomic E-state index is 12.3. The molecule has 124 valence electrons. The first-order valence-corrected chi connectivity index (χ1v) is 7.61. The Bertz CT molecular complexity index is 633. The molecule has 0 unspecified atom stereocenters. The minimum absolute atomic E-state index is 0.306. The standard InChI is InChI=1S/C18H22ClNO3/c1-6-13(10-15(19)7-2)18(21)23-17-11-14(12(3)4)8-9-16(17)20-22-5/h6-12,20H,2H2,1,3-5H3/b13-6+,15-10+. The van der Waals surface area contributed by atoms with Gasteiger partial charge in [-0.2, -0.15) is 0 Å². The Balaban J connectivity index is 3.12. The summed E-state index contributed by atoms with van der Waals surface area (Å²) >= 11 is 5.90. The molecule has 0 fully saturated rings. The summed E-state index contributed by atoms with van der Waals surface area (Å²) in [5, 5.41) is 0.362. The van der Waals surface area contributed by atoms with Crippen LogP contribution in [-0.4, -0.2) is 13.1 Å². The minimum Gasteiger partial charge on any atom is -0.421 e. The van der Waals surface area contributed by atoms with Gasteiger partial charge in [0.25, 0.3) is 0 Å². The molecule has 23 heavy (non-hydrogen) atoms. The molecule has 0 saturated heterocycles. The Hall–Kier alpha value is -2.04. The number of hydrogen-bond donors (Lipinski definition) is 1. The van der Waals surface area contributed by atoms with Crippen molar-refractivity contribution in [3.8, 4) is 5.75 Å². The van der Waals surface area contributed by atoms with Gasteiger partial charge in [-0.15, -0.1) is 0 Å². The average molecular weight is 336 g/mol. The Morgan fingerprint density at radius 3 is 2.61 bits per heavy atom. The fraction of sp³-hybridized carbons (Fsp3) is 0.278. The lowest BCUT2D eigenvalue weighted by molar-refractivity contribution is -0.129. The molecule has 0 saturated carbocycles. The molecule has 0 radical (unpaired) electrons. The normalized spacial score (nSPS) is 12.3. The topological polar surface area (TPSA) is 47.6 Å². The molecule has 1 rings (SSSR count). The molecule has 4 nitrogen and oxygen atoms in total. The predicted molar refractivity (Wildman–Crippen MR) is 94.7 cm³/mol. The van der Waals surface area contributed by atoms with Gasteiger partial charge in [-0.3, -0.25) is 10.3 Å². The summed E-state index contributed by atoms with van der Waals surface area (Å²) in [5.74, 6) is 0.193. The fourth-order valence-corrected chi connectivity index (χ4v) is 1.92. The van der Waals surface area contributed by atoms with Gasteiger partial charge in [0.2, 0.25) is 0 Å². The highest BCUT2D eigenvalue weighted by Crippen LogP contribution is 2.30. The number of carbonyl (C=O) groups is 1. The predicted octanol–water partition coefficient (Wildman–Crippen LogP) is 4.94. The lowest BCUT2D eigenvalue weighted by atomic mass is 10.0. The van der Waals surface area contributed by atoms with Crippen LogP contribution in [0.4, 0.5) is 5.69 Å². The first-order valence-electron chi connectivity index (χ1n) is 7.24. The maximum Gasteiger partial charge on any atom is 0.343 e. The number of halogens is 1. The molecule has 5 heteroatoms. The van der Waals surface area contributed by atoms with Gasteiger partial charge in [0.1, 0.15) is 5.69 Å². The van der Waals surface area contributed by atoms with Gasteiger partial charge in [0, 0.05) is 5.03 Å². The molecule has 0 atom stereocenters. The van der Waals surface area contributed by atoms with Crippen molar-refractivity contribution in [1.29, 1.82) is 0 Å². The van der Waals surface area contributed by atoms with Crippen LogP contribution in [0.5, 0.6) is 5.75 Å². The molecule has 0 aliphatic heterocycles. The van der Waals surface area contributed by atoms with Crippen LogP contribution >= 0.6 is 11.6 Å². The summed E-state index contributed by atoms with van der Waals surface area (Å²) in [5.41, 5.74) is 4.66. The molecule has 0 bridgehead atoms. The zero-order valence-electron chi connectivity index (χ0n) is 13.9. The largest absolute Gasteiger partial charge is 0.421 e. The zero-order valence-corrected chi connectivity index (χ0v) is 14.6. The molecular formula is C18H22ClNO3. The first-order chi connectivity index (χ1) is 10.9. The SMILES string of the molecule is C=C/C(Cl)=C\C(=C/C)C(=O)Oc1cc(C(C)C)ccc1NOC. The molecule has 0 aliphatic rings. The van der Waals surface area contributed by atoms with Crippen LogP contribution in [0.25, 0.3) is 0 Å². The summed E-state index contributed by atoms with van der Waals surface area (Å²) in [6.07, 6.45) is 4.59. The number of hydrogen-bond acceptors (Lipinski definition) is 4. The van der Waals surface area contributed by atoms with Crippen molar-refractivity contribution >= 4 is 23.3 Å². The van der Waals surface area contributed by atoms with E-state index >= 15 is 0 Å². The number of rotatable bonds is 7. The minimum atomic E-state index is -0.507. The van der Waals surface area contributed by atoms with E-state index < -0.39 is 5.97 Å². The summed E-state index contributed by atoms with van der Waals surface area (Å²) < 4.78 is 5.50. The quantitative estimate of drug-likeness (QED) is 0.252. The third kappa shape index (κ3) is 5.58. The molecule has 1 aromatic rings. The highest BCUT2D eigenvalue weighted by Gasteiger charge is 2.14. The lowest BCUT2D eigenvalue weighted by Crippen LogP contribution is -2.12. The molecule has 1 aromatic carbocycles. The summed E-state index contributed by atoms with van der Waals surface area (Å²) in [6, 6.07) is 5.58. The van der Waals surface area contributed by atoms with Crippen LogP contribution in [0.3, 0.4) is 0 Å². The van der Waals surface area contributed by atoms with Gasteiger partial charge in [-0.1, -0.05) is 50.2 Å². The van der Waals surface area contributed by atoms with E-state index in [2.05, 4.69) is 25.9 Å². The highest BCUT2D eigenvalue weighted by molar-refractivity contribution is 6.31. The number of allylic oxidation sites excluding steroid dienone is 3. The third-order valence-corrected chi connectivity index (χ3v) is 3.39. The third-order valence-electron chi connectivity index (χ3n) is 3.12. The second kappa shape index (κ2) is 9.18. The van der Waals surface area contributed by atoms with Gasteiger partial charge >= 0.3 is 5.97 Å². The molecule has 0 amide bonds. The van der Waals surface area contributed by atoms with Crippen LogP contribution in [0.15, 0.2) is 53.6 Å². The Morgan fingerprint density at radius 1 is 1.39 bits per heavy atom. The van der Waals surface area contributed by atoms with Crippen molar-refractivity contribution in [3.05, 3.63) is 59.2 Å².